The van der Waals surface area contributed by atoms with Gasteiger partial charge >= 0.3 is 23.9 Å². The summed E-state index contributed by atoms with van der Waals surface area (Å²) in [4.78, 5) is 45.0. The summed E-state index contributed by atoms with van der Waals surface area (Å²) in [7, 11) is 0. The zero-order valence-corrected chi connectivity index (χ0v) is 14.4. The van der Waals surface area contributed by atoms with Gasteiger partial charge in [0, 0.05) is 27.7 Å². The lowest BCUT2D eigenvalue weighted by Crippen LogP contribution is -2.61. The highest BCUT2D eigenvalue weighted by Gasteiger charge is 2.51. The predicted molar refractivity (Wildman–Crippen MR) is 77.8 cm³/mol. The molecule has 1 rings (SSSR count). The molecule has 1 aliphatic rings. The predicted octanol–water partition coefficient (Wildman–Crippen LogP) is 0.308. The summed E-state index contributed by atoms with van der Waals surface area (Å²) in [6.07, 6.45) is -4.60. The number of carbonyl (C=O) groups is 4. The minimum Gasteiger partial charge on any atom is -0.463 e. The maximum Gasteiger partial charge on any atom is 0.303 e. The normalized spacial score (nSPS) is 29.3. The molecule has 5 atom stereocenters. The van der Waals surface area contributed by atoms with Crippen LogP contribution in [-0.2, 0) is 42.9 Å². The molecule has 0 saturated carbocycles. The fraction of sp³-hybridized carbons (Fsp3) is 0.714. The molecule has 9 nitrogen and oxygen atoms in total. The summed E-state index contributed by atoms with van der Waals surface area (Å²) in [5.74, 6) is -2.67. The first-order valence-corrected chi connectivity index (χ1v) is 7.50. The molecule has 0 radical (unpaired) electrons. The standard InChI is InChI=1S/C14H19ClO9/c1-6(16)20-5-10-11(21-7(2)17)12(22-8(3)18)13(14(15)24-10)23-9(4)19/h10-14H,5H2,1-4H3/t10-,11-,12-,13-,14-/m1/s1. The molecule has 1 fully saturated rings. The first kappa shape index (κ1) is 20.2. The number of halogens is 1. The highest BCUT2D eigenvalue weighted by molar-refractivity contribution is 6.20. The van der Waals surface area contributed by atoms with Gasteiger partial charge in [-0.05, 0) is 0 Å². The van der Waals surface area contributed by atoms with Crippen molar-refractivity contribution in [2.75, 3.05) is 6.61 Å². The van der Waals surface area contributed by atoms with E-state index >= 15 is 0 Å². The third kappa shape index (κ3) is 5.97. The van der Waals surface area contributed by atoms with Crippen LogP contribution in [-0.4, -0.2) is 60.5 Å². The van der Waals surface area contributed by atoms with Crippen LogP contribution < -0.4 is 0 Å². The molecule has 0 aromatic rings. The first-order valence-electron chi connectivity index (χ1n) is 7.06. The van der Waals surface area contributed by atoms with E-state index in [-0.39, 0.29) is 6.61 Å². The van der Waals surface area contributed by atoms with Crippen molar-refractivity contribution in [3.8, 4) is 0 Å². The lowest BCUT2D eigenvalue weighted by atomic mass is 9.99. The SMILES string of the molecule is CC(=O)OC[C@H]1O[C@@H](Cl)[C@H](OC(C)=O)[C@H](OC(C)=O)[C@@H]1OC(C)=O. The second-order valence-electron chi connectivity index (χ2n) is 5.05. The third-order valence-electron chi connectivity index (χ3n) is 2.93. The number of hydrogen-bond acceptors (Lipinski definition) is 9. The molecule has 0 aromatic carbocycles. The number of carbonyl (C=O) groups excluding carboxylic acids is 4. The topological polar surface area (TPSA) is 114 Å². The Morgan fingerprint density at radius 1 is 0.792 bits per heavy atom. The number of esters is 4. The molecule has 136 valence electrons. The second kappa shape index (κ2) is 8.84. The van der Waals surface area contributed by atoms with E-state index in [1.165, 1.54) is 6.92 Å². The van der Waals surface area contributed by atoms with Gasteiger partial charge in [-0.15, -0.1) is 0 Å². The van der Waals surface area contributed by atoms with Crippen molar-refractivity contribution in [2.45, 2.75) is 57.7 Å². The fourth-order valence-corrected chi connectivity index (χ4v) is 2.50. The molecule has 1 heterocycles. The van der Waals surface area contributed by atoms with Crippen molar-refractivity contribution in [3.63, 3.8) is 0 Å². The number of rotatable bonds is 5. The van der Waals surface area contributed by atoms with Gasteiger partial charge in [0.25, 0.3) is 0 Å². The van der Waals surface area contributed by atoms with Gasteiger partial charge in [-0.3, -0.25) is 19.2 Å². The molecule has 0 aliphatic carbocycles. The van der Waals surface area contributed by atoms with Gasteiger partial charge in [-0.1, -0.05) is 11.6 Å². The van der Waals surface area contributed by atoms with Crippen LogP contribution >= 0.6 is 11.6 Å². The van der Waals surface area contributed by atoms with Crippen molar-refractivity contribution in [3.05, 3.63) is 0 Å². The fourth-order valence-electron chi connectivity index (χ4n) is 2.18. The Morgan fingerprint density at radius 3 is 1.71 bits per heavy atom. The average Bonchev–Trinajstić information content (AvgIpc) is 2.42. The minimum absolute atomic E-state index is 0.291. The van der Waals surface area contributed by atoms with E-state index < -0.39 is 53.9 Å². The Bertz CT molecular complexity index is 506. The van der Waals surface area contributed by atoms with Crippen LogP contribution in [0.4, 0.5) is 0 Å². The van der Waals surface area contributed by atoms with Crippen molar-refractivity contribution in [1.82, 2.24) is 0 Å². The molecular weight excluding hydrogens is 348 g/mol. The lowest BCUT2D eigenvalue weighted by Gasteiger charge is -2.42. The maximum atomic E-state index is 11.4. The number of alkyl halides is 1. The van der Waals surface area contributed by atoms with Crippen molar-refractivity contribution < 1.29 is 42.9 Å². The highest BCUT2D eigenvalue weighted by Crippen LogP contribution is 2.30. The van der Waals surface area contributed by atoms with Crippen LogP contribution in [0.25, 0.3) is 0 Å². The molecule has 0 unspecified atom stereocenters. The maximum absolute atomic E-state index is 11.4. The highest BCUT2D eigenvalue weighted by atomic mass is 35.5. The Morgan fingerprint density at radius 2 is 1.25 bits per heavy atom. The summed E-state index contributed by atoms with van der Waals surface area (Å²) in [5.41, 5.74) is -1.20. The van der Waals surface area contributed by atoms with E-state index in [0.717, 1.165) is 20.8 Å². The third-order valence-corrected chi connectivity index (χ3v) is 3.29. The Hall–Kier alpha value is -1.87. The van der Waals surface area contributed by atoms with Crippen LogP contribution in [0.15, 0.2) is 0 Å². The Balaban J connectivity index is 3.11. The molecule has 0 amide bonds. The molecule has 0 spiro atoms. The van der Waals surface area contributed by atoms with Gasteiger partial charge in [-0.2, -0.15) is 0 Å². The van der Waals surface area contributed by atoms with Gasteiger partial charge < -0.3 is 23.7 Å². The summed E-state index contributed by atoms with van der Waals surface area (Å²) in [5, 5.41) is 0. The van der Waals surface area contributed by atoms with Gasteiger partial charge in [0.2, 0.25) is 0 Å². The van der Waals surface area contributed by atoms with Gasteiger partial charge in [0.05, 0.1) is 0 Å². The van der Waals surface area contributed by atoms with Gasteiger partial charge in [0.1, 0.15) is 12.7 Å². The van der Waals surface area contributed by atoms with Crippen molar-refractivity contribution in [2.24, 2.45) is 0 Å². The van der Waals surface area contributed by atoms with Crippen molar-refractivity contribution >= 4 is 35.5 Å². The molecular formula is C14H19ClO9. The monoisotopic (exact) mass is 366 g/mol. The summed E-state index contributed by atoms with van der Waals surface area (Å²) in [6.45, 7) is 4.31. The zero-order valence-electron chi connectivity index (χ0n) is 13.6. The molecule has 24 heavy (non-hydrogen) atoms. The lowest BCUT2D eigenvalue weighted by molar-refractivity contribution is -0.238. The Kier molecular flexibility index (Phi) is 7.43. The smallest absolute Gasteiger partial charge is 0.303 e. The van der Waals surface area contributed by atoms with E-state index in [9.17, 15) is 19.2 Å². The molecule has 1 aliphatic heterocycles. The summed E-state index contributed by atoms with van der Waals surface area (Å²) in [6, 6.07) is 0. The molecule has 0 N–H and O–H groups in total. The van der Waals surface area contributed by atoms with Crippen LogP contribution in [0.5, 0.6) is 0 Å². The Labute approximate surface area is 143 Å². The van der Waals surface area contributed by atoms with E-state index in [1.54, 1.807) is 0 Å². The molecule has 1 saturated heterocycles. The quantitative estimate of drug-likeness (QED) is 0.385. The van der Waals surface area contributed by atoms with Crippen LogP contribution in [0, 0.1) is 0 Å². The van der Waals surface area contributed by atoms with E-state index in [0.29, 0.717) is 0 Å². The molecule has 0 aromatic heterocycles. The van der Waals surface area contributed by atoms with E-state index in [4.69, 9.17) is 35.3 Å². The molecule has 10 heteroatoms. The number of ether oxygens (including phenoxy) is 5. The summed E-state index contributed by atoms with van der Waals surface area (Å²) < 4.78 is 25.6. The first-order chi connectivity index (χ1) is 11.1. The van der Waals surface area contributed by atoms with Gasteiger partial charge in [0.15, 0.2) is 23.9 Å². The molecule has 0 bridgehead atoms. The van der Waals surface area contributed by atoms with Crippen LogP contribution in [0.2, 0.25) is 0 Å². The van der Waals surface area contributed by atoms with E-state index in [1.807, 2.05) is 0 Å². The largest absolute Gasteiger partial charge is 0.463 e. The van der Waals surface area contributed by atoms with Crippen LogP contribution in [0.3, 0.4) is 0 Å². The minimum atomic E-state index is -1.22. The second-order valence-corrected chi connectivity index (χ2v) is 5.48. The average molecular weight is 367 g/mol. The summed E-state index contributed by atoms with van der Waals surface area (Å²) >= 11 is 6.05. The van der Waals surface area contributed by atoms with Crippen LogP contribution in [0.1, 0.15) is 27.7 Å². The van der Waals surface area contributed by atoms with Gasteiger partial charge in [-0.25, -0.2) is 0 Å². The zero-order chi connectivity index (χ0) is 18.4. The van der Waals surface area contributed by atoms with E-state index in [2.05, 4.69) is 0 Å². The van der Waals surface area contributed by atoms with Crippen molar-refractivity contribution in [1.29, 1.82) is 0 Å². The number of hydrogen-bond donors (Lipinski definition) is 0.